The van der Waals surface area contributed by atoms with Gasteiger partial charge in [-0.3, -0.25) is 0 Å². The van der Waals surface area contributed by atoms with Crippen LogP contribution >= 0.6 is 0 Å². The molecule has 5 aromatic rings. The maximum Gasteiger partial charge on any atom is 0.343 e. The van der Waals surface area contributed by atoms with Gasteiger partial charge in [-0.25, -0.2) is 33.6 Å². The Morgan fingerprint density at radius 1 is 0.295 bits per heavy atom. The molecule has 0 spiro atoms. The molecule has 0 aliphatic rings. The van der Waals surface area contributed by atoms with Gasteiger partial charge < -0.3 is 47.4 Å². The zero-order valence-electron chi connectivity index (χ0n) is 50.6. The molecule has 0 saturated heterocycles. The van der Waals surface area contributed by atoms with Gasteiger partial charge >= 0.3 is 41.8 Å². The zero-order chi connectivity index (χ0) is 62.8. The predicted molar refractivity (Wildman–Crippen MR) is 333 cm³/mol. The molecular weight excluding hydrogens is 1120 g/mol. The summed E-state index contributed by atoms with van der Waals surface area (Å²) >= 11 is 0. The molecule has 0 amide bonds. The number of benzene rings is 5. The first-order valence-corrected chi connectivity index (χ1v) is 30.6. The van der Waals surface area contributed by atoms with E-state index in [0.29, 0.717) is 68.0 Å². The molecule has 0 aromatic heterocycles. The third kappa shape index (κ3) is 28.5. The summed E-state index contributed by atoms with van der Waals surface area (Å²) in [7, 11) is 0. The lowest BCUT2D eigenvalue weighted by Gasteiger charge is -2.13. The van der Waals surface area contributed by atoms with Crippen LogP contribution < -0.4 is 28.4 Å². The normalized spacial score (nSPS) is 10.6. The molecule has 0 bridgehead atoms. The van der Waals surface area contributed by atoms with E-state index in [4.69, 9.17) is 47.4 Å². The van der Waals surface area contributed by atoms with E-state index >= 15 is 0 Å². The molecule has 0 unspecified atom stereocenters. The summed E-state index contributed by atoms with van der Waals surface area (Å²) in [5, 5.41) is 0. The van der Waals surface area contributed by atoms with Gasteiger partial charge in [-0.15, -0.1) is 0 Å². The molecule has 470 valence electrons. The van der Waals surface area contributed by atoms with Gasteiger partial charge in [-0.1, -0.05) is 128 Å². The van der Waals surface area contributed by atoms with E-state index in [1.165, 1.54) is 30.4 Å². The lowest BCUT2D eigenvalue weighted by molar-refractivity contribution is -0.138. The Kier molecular flexibility index (Phi) is 33.3. The standard InChI is InChI=1S/C71H84O17/c1-4-65(72)82-49-25-18-13-9-7-11-16-22-46-79-59-40-32-56(33-41-59)69(76)87-62-44-45-64(88-70(77)57-34-42-60(43-35-57)80-47-23-17-12-8-10-14-19-26-50-83-66(73)5-2)63(52-62)71(78)85-53-54-28-36-61(37-29-54)86-68(75)55-30-38-58(39-31-55)81-48-24-20-15-21-27-51-84-67(74)6-3/h4-6,28-45,52H,1-3,7-27,46-51,53H2. The number of hydrogen-bond acceptors (Lipinski definition) is 17. The summed E-state index contributed by atoms with van der Waals surface area (Å²) in [6, 6.07) is 30.1. The van der Waals surface area contributed by atoms with E-state index in [1.54, 1.807) is 97.1 Å². The fourth-order valence-electron chi connectivity index (χ4n) is 8.78. The lowest BCUT2D eigenvalue weighted by atomic mass is 10.1. The van der Waals surface area contributed by atoms with Crippen molar-refractivity contribution in [3.05, 3.63) is 181 Å². The van der Waals surface area contributed by atoms with Gasteiger partial charge in [-0.2, -0.15) is 0 Å². The van der Waals surface area contributed by atoms with Gasteiger partial charge in [-0.05, 0) is 147 Å². The predicted octanol–water partition coefficient (Wildman–Crippen LogP) is 15.2. The second kappa shape index (κ2) is 42.0. The second-order valence-electron chi connectivity index (χ2n) is 20.7. The Morgan fingerprint density at radius 3 is 0.943 bits per heavy atom. The monoisotopic (exact) mass is 1210 g/mol. The van der Waals surface area contributed by atoms with Gasteiger partial charge in [0, 0.05) is 18.2 Å². The first-order chi connectivity index (χ1) is 42.9. The SMILES string of the molecule is C=CC(=O)OCCCCCCCCCCOc1ccc(C(=O)Oc2ccc(OC(=O)c3ccc(OCCCCCCCCCCOC(=O)C=C)cc3)c(C(=O)OCc3ccc(OC(=O)c4ccc(OCCCCCCCOC(=O)C=C)cc4)cc3)c2)cc1. The number of unbranched alkanes of at least 4 members (excludes halogenated alkanes) is 18. The highest BCUT2D eigenvalue weighted by Gasteiger charge is 2.22. The molecule has 17 heteroatoms. The van der Waals surface area contributed by atoms with E-state index in [2.05, 4.69) is 19.7 Å². The van der Waals surface area contributed by atoms with Crippen molar-refractivity contribution in [1.82, 2.24) is 0 Å². The van der Waals surface area contributed by atoms with Gasteiger partial charge in [0.1, 0.15) is 46.7 Å². The highest BCUT2D eigenvalue weighted by Crippen LogP contribution is 2.29. The van der Waals surface area contributed by atoms with Crippen LogP contribution in [0.3, 0.4) is 0 Å². The first-order valence-electron chi connectivity index (χ1n) is 30.6. The number of ether oxygens (including phenoxy) is 10. The third-order valence-corrected chi connectivity index (χ3v) is 13.8. The number of rotatable bonds is 45. The first kappa shape index (κ1) is 69.8. The topological polar surface area (TPSA) is 212 Å². The van der Waals surface area contributed by atoms with Crippen LogP contribution in [0.25, 0.3) is 0 Å². The van der Waals surface area contributed by atoms with Gasteiger partial charge in [0.05, 0.1) is 56.3 Å². The van der Waals surface area contributed by atoms with E-state index in [9.17, 15) is 33.6 Å². The fraction of sp³-hybridized carbons (Fsp3) is 0.394. The van der Waals surface area contributed by atoms with Crippen LogP contribution in [0, 0.1) is 0 Å². The molecule has 0 N–H and O–H groups in total. The molecule has 0 radical (unpaired) electrons. The van der Waals surface area contributed by atoms with E-state index < -0.39 is 35.8 Å². The Labute approximate surface area is 517 Å². The fourth-order valence-corrected chi connectivity index (χ4v) is 8.78. The quantitative estimate of drug-likeness (QED) is 0.0117. The zero-order valence-corrected chi connectivity index (χ0v) is 50.6. The summed E-state index contributed by atoms with van der Waals surface area (Å²) in [4.78, 5) is 87.3. The molecule has 0 atom stereocenters. The van der Waals surface area contributed by atoms with Crippen molar-refractivity contribution in [1.29, 1.82) is 0 Å². The summed E-state index contributed by atoms with van der Waals surface area (Å²) in [6.45, 7) is 12.7. The number of carbonyl (C=O) groups excluding carboxylic acids is 7. The van der Waals surface area contributed by atoms with Crippen LogP contribution in [0.5, 0.6) is 34.5 Å². The summed E-state index contributed by atoms with van der Waals surface area (Å²) in [5.74, 6) is -2.17. The van der Waals surface area contributed by atoms with Gasteiger partial charge in [0.25, 0.3) is 0 Å². The highest BCUT2D eigenvalue weighted by atomic mass is 16.6. The second-order valence-corrected chi connectivity index (χ2v) is 20.7. The summed E-state index contributed by atoms with van der Waals surface area (Å²) < 4.78 is 55.5. The maximum absolute atomic E-state index is 13.9. The molecule has 17 nitrogen and oxygen atoms in total. The largest absolute Gasteiger partial charge is 0.494 e. The molecule has 0 fully saturated rings. The molecule has 0 aliphatic heterocycles. The Bertz CT molecular complexity index is 2950. The van der Waals surface area contributed by atoms with Crippen molar-refractivity contribution in [3.63, 3.8) is 0 Å². The van der Waals surface area contributed by atoms with Crippen LogP contribution in [-0.4, -0.2) is 81.4 Å². The van der Waals surface area contributed by atoms with Crippen molar-refractivity contribution in [2.24, 2.45) is 0 Å². The highest BCUT2D eigenvalue weighted by molar-refractivity contribution is 5.97. The van der Waals surface area contributed by atoms with Crippen molar-refractivity contribution >= 4 is 41.8 Å². The van der Waals surface area contributed by atoms with E-state index in [-0.39, 0.29) is 46.5 Å². The molecule has 0 aliphatic carbocycles. The average molecular weight is 1210 g/mol. The molecule has 0 heterocycles. The number of carbonyl (C=O) groups is 7. The molecule has 5 rings (SSSR count). The van der Waals surface area contributed by atoms with Crippen LogP contribution in [-0.2, 0) is 39.9 Å². The van der Waals surface area contributed by atoms with E-state index in [1.807, 2.05) is 0 Å². The Balaban J connectivity index is 1.11. The van der Waals surface area contributed by atoms with Gasteiger partial charge in [0.2, 0.25) is 0 Å². The Morgan fingerprint density at radius 2 is 0.591 bits per heavy atom. The molecule has 5 aromatic carbocycles. The minimum absolute atomic E-state index is 0.00743. The Hall–Kier alpha value is -8.99. The number of esters is 7. The minimum Gasteiger partial charge on any atom is -0.494 e. The average Bonchev–Trinajstić information content (AvgIpc) is 3.42. The van der Waals surface area contributed by atoms with Gasteiger partial charge in [0.15, 0.2) is 0 Å². The minimum atomic E-state index is -0.876. The van der Waals surface area contributed by atoms with Crippen LogP contribution in [0.15, 0.2) is 153 Å². The smallest absolute Gasteiger partial charge is 0.343 e. The number of hydrogen-bond donors (Lipinski definition) is 0. The molecule has 88 heavy (non-hydrogen) atoms. The van der Waals surface area contributed by atoms with Crippen molar-refractivity contribution in [2.45, 2.75) is 141 Å². The molecular formula is C71H84O17. The summed E-state index contributed by atoms with van der Waals surface area (Å²) in [6.07, 6.45) is 24.4. The van der Waals surface area contributed by atoms with Crippen molar-refractivity contribution in [2.75, 3.05) is 39.6 Å². The molecule has 0 saturated carbocycles. The van der Waals surface area contributed by atoms with Crippen LogP contribution in [0.4, 0.5) is 0 Å². The summed E-state index contributed by atoms with van der Waals surface area (Å²) in [5.41, 5.74) is 1.13. The van der Waals surface area contributed by atoms with Crippen molar-refractivity contribution in [3.8, 4) is 34.5 Å². The lowest BCUT2D eigenvalue weighted by Crippen LogP contribution is -2.14. The maximum atomic E-state index is 13.9. The van der Waals surface area contributed by atoms with E-state index in [0.717, 1.165) is 141 Å². The van der Waals surface area contributed by atoms with Crippen LogP contribution in [0.2, 0.25) is 0 Å². The van der Waals surface area contributed by atoms with Crippen LogP contribution in [0.1, 0.15) is 182 Å². The third-order valence-electron chi connectivity index (χ3n) is 13.8. The van der Waals surface area contributed by atoms with Crippen molar-refractivity contribution < 1.29 is 80.9 Å².